The summed E-state index contributed by atoms with van der Waals surface area (Å²) in [6.07, 6.45) is 0.767. The summed E-state index contributed by atoms with van der Waals surface area (Å²) in [5.41, 5.74) is 6.57. The van der Waals surface area contributed by atoms with Crippen molar-refractivity contribution in [1.82, 2.24) is 4.98 Å². The minimum Gasteiger partial charge on any atom is -0.368 e. The number of nitrogens with zero attached hydrogens (tertiary/aromatic N) is 2. The standard InChI is InChI=1S/C16H19N3O2/c1-11(2)8-19(9-15(17)21)16-13(10-20)7-12-5-3-4-6-14(12)18-16/h3-7,10-11H,8-9H2,1-2H3,(H2,17,21). The number of para-hydroxylation sites is 1. The van der Waals surface area contributed by atoms with Crippen molar-refractivity contribution in [2.75, 3.05) is 18.0 Å². The Bertz CT molecular complexity index is 668. The van der Waals surface area contributed by atoms with E-state index in [9.17, 15) is 9.59 Å². The number of hydrogen-bond acceptors (Lipinski definition) is 4. The van der Waals surface area contributed by atoms with Crippen LogP contribution in [0.15, 0.2) is 30.3 Å². The van der Waals surface area contributed by atoms with Crippen LogP contribution in [-0.4, -0.2) is 30.3 Å². The molecule has 0 unspecified atom stereocenters. The number of aromatic nitrogens is 1. The molecule has 2 N–H and O–H groups in total. The summed E-state index contributed by atoms with van der Waals surface area (Å²) in [6.45, 7) is 4.73. The van der Waals surface area contributed by atoms with Gasteiger partial charge in [0.1, 0.15) is 5.82 Å². The number of pyridine rings is 1. The minimum atomic E-state index is -0.442. The summed E-state index contributed by atoms with van der Waals surface area (Å²) in [4.78, 5) is 29.0. The fourth-order valence-electron chi connectivity index (χ4n) is 2.32. The number of anilines is 1. The highest BCUT2D eigenvalue weighted by atomic mass is 16.1. The lowest BCUT2D eigenvalue weighted by Crippen LogP contribution is -2.37. The quantitative estimate of drug-likeness (QED) is 0.823. The molecule has 0 radical (unpaired) electrons. The maximum Gasteiger partial charge on any atom is 0.236 e. The number of nitrogens with two attached hydrogens (primary N) is 1. The molecule has 0 aliphatic heterocycles. The SMILES string of the molecule is CC(C)CN(CC(N)=O)c1nc2ccccc2cc1C=O. The molecule has 0 aliphatic rings. The van der Waals surface area contributed by atoms with Gasteiger partial charge in [-0.3, -0.25) is 9.59 Å². The zero-order valence-corrected chi connectivity index (χ0v) is 12.2. The van der Waals surface area contributed by atoms with Gasteiger partial charge in [-0.15, -0.1) is 0 Å². The number of aldehydes is 1. The number of rotatable bonds is 6. The van der Waals surface area contributed by atoms with Crippen LogP contribution in [0.2, 0.25) is 0 Å². The van der Waals surface area contributed by atoms with Gasteiger partial charge < -0.3 is 10.6 Å². The second kappa shape index (κ2) is 6.35. The van der Waals surface area contributed by atoms with Gasteiger partial charge in [-0.25, -0.2) is 4.98 Å². The van der Waals surface area contributed by atoms with Crippen molar-refractivity contribution in [3.8, 4) is 0 Å². The topological polar surface area (TPSA) is 76.3 Å². The maximum atomic E-state index is 11.4. The Morgan fingerprint density at radius 1 is 1.38 bits per heavy atom. The van der Waals surface area contributed by atoms with Crippen molar-refractivity contribution < 1.29 is 9.59 Å². The van der Waals surface area contributed by atoms with E-state index in [0.29, 0.717) is 23.8 Å². The highest BCUT2D eigenvalue weighted by Gasteiger charge is 2.17. The predicted molar refractivity (Wildman–Crippen MR) is 83.4 cm³/mol. The first-order valence-corrected chi connectivity index (χ1v) is 6.89. The largest absolute Gasteiger partial charge is 0.368 e. The molecule has 1 aromatic heterocycles. The van der Waals surface area contributed by atoms with Crippen LogP contribution in [0.4, 0.5) is 5.82 Å². The van der Waals surface area contributed by atoms with Gasteiger partial charge in [0.15, 0.2) is 6.29 Å². The first-order chi connectivity index (χ1) is 10.0. The number of hydrogen-bond donors (Lipinski definition) is 1. The molecule has 1 aromatic carbocycles. The minimum absolute atomic E-state index is 0.0460. The molecular weight excluding hydrogens is 266 g/mol. The monoisotopic (exact) mass is 285 g/mol. The first kappa shape index (κ1) is 15.0. The zero-order chi connectivity index (χ0) is 15.4. The Morgan fingerprint density at radius 2 is 2.10 bits per heavy atom. The van der Waals surface area contributed by atoms with Gasteiger partial charge in [-0.2, -0.15) is 0 Å². The summed E-state index contributed by atoms with van der Waals surface area (Å²) >= 11 is 0. The third-order valence-electron chi connectivity index (χ3n) is 3.09. The van der Waals surface area contributed by atoms with Gasteiger partial charge >= 0.3 is 0 Å². The summed E-state index contributed by atoms with van der Waals surface area (Å²) in [5, 5.41) is 0.895. The fourth-order valence-corrected chi connectivity index (χ4v) is 2.32. The number of carbonyl (C=O) groups excluding carboxylic acids is 2. The van der Waals surface area contributed by atoms with Crippen LogP contribution in [0.3, 0.4) is 0 Å². The maximum absolute atomic E-state index is 11.4. The fraction of sp³-hybridized carbons (Fsp3) is 0.312. The summed E-state index contributed by atoms with van der Waals surface area (Å²) in [5.74, 6) is 0.385. The number of benzene rings is 1. The predicted octanol–water partition coefficient (Wildman–Crippen LogP) is 1.99. The number of carbonyl (C=O) groups is 2. The average molecular weight is 285 g/mol. The van der Waals surface area contributed by atoms with E-state index in [1.807, 2.05) is 38.1 Å². The molecule has 0 bridgehead atoms. The van der Waals surface area contributed by atoms with Crippen molar-refractivity contribution in [2.45, 2.75) is 13.8 Å². The van der Waals surface area contributed by atoms with Crippen LogP contribution in [-0.2, 0) is 4.79 Å². The Kier molecular flexibility index (Phi) is 4.52. The van der Waals surface area contributed by atoms with E-state index in [-0.39, 0.29) is 6.54 Å². The summed E-state index contributed by atoms with van der Waals surface area (Å²) < 4.78 is 0. The Labute approximate surface area is 123 Å². The Morgan fingerprint density at radius 3 is 2.71 bits per heavy atom. The van der Waals surface area contributed by atoms with Crippen LogP contribution in [0.1, 0.15) is 24.2 Å². The highest BCUT2D eigenvalue weighted by Crippen LogP contribution is 2.23. The van der Waals surface area contributed by atoms with Crippen LogP contribution >= 0.6 is 0 Å². The molecule has 0 saturated carbocycles. The van der Waals surface area contributed by atoms with E-state index >= 15 is 0 Å². The van der Waals surface area contributed by atoms with E-state index in [4.69, 9.17) is 5.73 Å². The molecule has 5 nitrogen and oxygen atoms in total. The van der Waals surface area contributed by atoms with Gasteiger partial charge in [0.25, 0.3) is 0 Å². The zero-order valence-electron chi connectivity index (χ0n) is 12.2. The molecule has 0 aliphatic carbocycles. The molecular formula is C16H19N3O2. The third kappa shape index (κ3) is 3.56. The number of primary amides is 1. The molecule has 0 atom stereocenters. The summed E-state index contributed by atoms with van der Waals surface area (Å²) in [6, 6.07) is 9.36. The average Bonchev–Trinajstić information content (AvgIpc) is 2.44. The molecule has 0 fully saturated rings. The van der Waals surface area contributed by atoms with Crippen LogP contribution < -0.4 is 10.6 Å². The molecule has 0 saturated heterocycles. The molecule has 1 amide bonds. The molecule has 110 valence electrons. The van der Waals surface area contributed by atoms with E-state index < -0.39 is 5.91 Å². The smallest absolute Gasteiger partial charge is 0.236 e. The van der Waals surface area contributed by atoms with Crippen molar-refractivity contribution in [1.29, 1.82) is 0 Å². The van der Waals surface area contributed by atoms with E-state index in [1.165, 1.54) is 0 Å². The van der Waals surface area contributed by atoms with Crippen LogP contribution in [0.5, 0.6) is 0 Å². The van der Waals surface area contributed by atoms with Gasteiger partial charge in [0.05, 0.1) is 17.6 Å². The van der Waals surface area contributed by atoms with Crippen molar-refractivity contribution >= 4 is 28.9 Å². The van der Waals surface area contributed by atoms with Gasteiger partial charge in [-0.05, 0) is 18.1 Å². The normalized spacial score (nSPS) is 10.8. The van der Waals surface area contributed by atoms with Crippen molar-refractivity contribution in [2.24, 2.45) is 11.7 Å². The Balaban J connectivity index is 2.53. The van der Waals surface area contributed by atoms with E-state index in [0.717, 1.165) is 17.2 Å². The number of fused-ring (bicyclic) bond motifs is 1. The molecule has 2 rings (SSSR count). The lowest BCUT2D eigenvalue weighted by molar-refractivity contribution is -0.116. The Hall–Kier alpha value is -2.43. The van der Waals surface area contributed by atoms with Gasteiger partial charge in [0, 0.05) is 11.9 Å². The highest BCUT2D eigenvalue weighted by molar-refractivity contribution is 5.92. The van der Waals surface area contributed by atoms with Gasteiger partial charge in [-0.1, -0.05) is 32.0 Å². The van der Waals surface area contributed by atoms with Crippen LogP contribution in [0.25, 0.3) is 10.9 Å². The summed E-state index contributed by atoms with van der Waals surface area (Å²) in [7, 11) is 0. The van der Waals surface area contributed by atoms with E-state index in [2.05, 4.69) is 4.98 Å². The van der Waals surface area contributed by atoms with Crippen molar-refractivity contribution in [3.63, 3.8) is 0 Å². The molecule has 21 heavy (non-hydrogen) atoms. The second-order valence-electron chi connectivity index (χ2n) is 5.45. The molecule has 1 heterocycles. The second-order valence-corrected chi connectivity index (χ2v) is 5.45. The number of amides is 1. The van der Waals surface area contributed by atoms with Crippen LogP contribution in [0, 0.1) is 5.92 Å². The van der Waals surface area contributed by atoms with E-state index in [1.54, 1.807) is 11.0 Å². The van der Waals surface area contributed by atoms with Gasteiger partial charge in [0.2, 0.25) is 5.91 Å². The lowest BCUT2D eigenvalue weighted by atomic mass is 10.1. The molecule has 0 spiro atoms. The molecule has 5 heteroatoms. The lowest BCUT2D eigenvalue weighted by Gasteiger charge is -2.25. The third-order valence-corrected chi connectivity index (χ3v) is 3.09. The first-order valence-electron chi connectivity index (χ1n) is 6.89. The molecule has 2 aromatic rings. The van der Waals surface area contributed by atoms with Crippen molar-refractivity contribution in [3.05, 3.63) is 35.9 Å².